The Hall–Kier alpha value is -2.59. The van der Waals surface area contributed by atoms with Crippen LogP contribution in [0.2, 0.25) is 5.02 Å². The third-order valence-electron chi connectivity index (χ3n) is 4.24. The Morgan fingerprint density at radius 1 is 1.12 bits per heavy atom. The van der Waals surface area contributed by atoms with Crippen LogP contribution in [-0.2, 0) is 4.74 Å². The molecule has 0 unspecified atom stereocenters. The van der Waals surface area contributed by atoms with Crippen LogP contribution in [0.3, 0.4) is 0 Å². The average molecular weight is 369 g/mol. The average Bonchev–Trinajstić information content (AvgIpc) is 2.93. The maximum absolute atomic E-state index is 12.6. The summed E-state index contributed by atoms with van der Waals surface area (Å²) in [5, 5.41) is 5.30. The summed E-state index contributed by atoms with van der Waals surface area (Å²) in [6, 6.07) is 13.5. The molecule has 0 aliphatic rings. The first-order chi connectivity index (χ1) is 12.4. The molecular weight excluding hydrogens is 348 g/mol. The van der Waals surface area contributed by atoms with E-state index in [4.69, 9.17) is 16.3 Å². The van der Waals surface area contributed by atoms with Gasteiger partial charge in [-0.3, -0.25) is 0 Å². The summed E-state index contributed by atoms with van der Waals surface area (Å²) in [4.78, 5) is 12.6. The number of ether oxygens (including phenoxy) is 1. The normalized spacial score (nSPS) is 10.8. The van der Waals surface area contributed by atoms with E-state index in [0.717, 1.165) is 16.8 Å². The van der Waals surface area contributed by atoms with E-state index < -0.39 is 0 Å². The molecule has 4 nitrogen and oxygen atoms in total. The quantitative estimate of drug-likeness (QED) is 0.587. The van der Waals surface area contributed by atoms with Gasteiger partial charge in [0.15, 0.2) is 0 Å². The van der Waals surface area contributed by atoms with Gasteiger partial charge < -0.3 is 4.74 Å². The van der Waals surface area contributed by atoms with Crippen molar-refractivity contribution in [2.75, 3.05) is 6.61 Å². The number of benzene rings is 2. The van der Waals surface area contributed by atoms with Crippen LogP contribution in [0, 0.1) is 20.8 Å². The maximum atomic E-state index is 12.6. The van der Waals surface area contributed by atoms with Gasteiger partial charge in [0.2, 0.25) is 0 Å². The Morgan fingerprint density at radius 3 is 2.42 bits per heavy atom. The number of rotatable bonds is 4. The molecule has 0 aliphatic heterocycles. The Balaban J connectivity index is 2.29. The van der Waals surface area contributed by atoms with Crippen LogP contribution < -0.4 is 0 Å². The molecule has 1 heterocycles. The monoisotopic (exact) mass is 368 g/mol. The molecule has 0 bridgehead atoms. The second-order valence-corrected chi connectivity index (χ2v) is 6.67. The van der Waals surface area contributed by atoms with Crippen molar-refractivity contribution in [1.82, 2.24) is 9.78 Å². The number of aryl methyl sites for hydroxylation is 3. The van der Waals surface area contributed by atoms with Crippen LogP contribution in [0.5, 0.6) is 0 Å². The molecule has 5 heteroatoms. The maximum Gasteiger partial charge on any atom is 0.342 e. The Bertz CT molecular complexity index is 959. The van der Waals surface area contributed by atoms with Gasteiger partial charge in [-0.25, -0.2) is 9.48 Å². The predicted molar refractivity (Wildman–Crippen MR) is 104 cm³/mol. The van der Waals surface area contributed by atoms with Crippen molar-refractivity contribution in [1.29, 1.82) is 0 Å². The van der Waals surface area contributed by atoms with Gasteiger partial charge in [0.25, 0.3) is 0 Å². The van der Waals surface area contributed by atoms with E-state index >= 15 is 0 Å². The first-order valence-electron chi connectivity index (χ1n) is 8.52. The van der Waals surface area contributed by atoms with Crippen LogP contribution in [0.25, 0.3) is 16.9 Å². The molecule has 0 spiro atoms. The number of hydrogen-bond acceptors (Lipinski definition) is 3. The summed E-state index contributed by atoms with van der Waals surface area (Å²) in [5.41, 5.74) is 5.87. The van der Waals surface area contributed by atoms with Gasteiger partial charge in [-0.1, -0.05) is 41.4 Å². The number of esters is 1. The first-order valence-corrected chi connectivity index (χ1v) is 8.90. The van der Waals surface area contributed by atoms with Crippen molar-refractivity contribution in [3.8, 4) is 16.9 Å². The van der Waals surface area contributed by atoms with E-state index in [1.807, 2.05) is 42.8 Å². The van der Waals surface area contributed by atoms with E-state index in [0.29, 0.717) is 28.6 Å². The van der Waals surface area contributed by atoms with Crippen molar-refractivity contribution in [3.05, 3.63) is 69.9 Å². The number of halogens is 1. The molecule has 0 radical (unpaired) electrons. The summed E-state index contributed by atoms with van der Waals surface area (Å²) >= 11 is 6.04. The lowest BCUT2D eigenvalue weighted by molar-refractivity contribution is 0.0526. The summed E-state index contributed by atoms with van der Waals surface area (Å²) in [7, 11) is 0. The zero-order valence-electron chi connectivity index (χ0n) is 15.3. The van der Waals surface area contributed by atoms with Crippen LogP contribution in [0.4, 0.5) is 0 Å². The minimum atomic E-state index is -0.369. The molecule has 2 aromatic carbocycles. The Labute approximate surface area is 158 Å². The predicted octanol–water partition coefficient (Wildman–Crippen LogP) is 5.29. The standard InChI is InChI=1S/C21H21ClN2O2/c1-5-26-21(25)19-15(4)23-24(18-11-6-13(2)12-14(18)3)20(19)16-7-9-17(22)10-8-16/h6-12H,5H2,1-4H3. The largest absolute Gasteiger partial charge is 0.462 e. The molecule has 3 rings (SSSR count). The minimum absolute atomic E-state index is 0.313. The summed E-state index contributed by atoms with van der Waals surface area (Å²) in [5.74, 6) is -0.369. The van der Waals surface area contributed by atoms with Gasteiger partial charge in [0.05, 0.1) is 23.7 Å². The summed E-state index contributed by atoms with van der Waals surface area (Å²) in [6.07, 6.45) is 0. The van der Waals surface area contributed by atoms with E-state index in [9.17, 15) is 4.79 Å². The van der Waals surface area contributed by atoms with Gasteiger partial charge in [0.1, 0.15) is 5.56 Å². The lowest BCUT2D eigenvalue weighted by Crippen LogP contribution is -2.08. The molecule has 26 heavy (non-hydrogen) atoms. The fourth-order valence-electron chi connectivity index (χ4n) is 3.07. The third kappa shape index (κ3) is 3.37. The molecule has 0 atom stereocenters. The third-order valence-corrected chi connectivity index (χ3v) is 4.49. The van der Waals surface area contributed by atoms with Crippen LogP contribution in [0.1, 0.15) is 34.1 Å². The molecule has 0 aliphatic carbocycles. The number of nitrogens with zero attached hydrogens (tertiary/aromatic N) is 2. The second-order valence-electron chi connectivity index (χ2n) is 6.24. The zero-order valence-corrected chi connectivity index (χ0v) is 16.1. The van der Waals surface area contributed by atoms with E-state index in [-0.39, 0.29) is 5.97 Å². The highest BCUT2D eigenvalue weighted by atomic mass is 35.5. The van der Waals surface area contributed by atoms with Crippen molar-refractivity contribution < 1.29 is 9.53 Å². The molecule has 3 aromatic rings. The van der Waals surface area contributed by atoms with E-state index in [1.54, 1.807) is 19.1 Å². The molecular formula is C21H21ClN2O2. The topological polar surface area (TPSA) is 44.1 Å². The Kier molecular flexibility index (Phi) is 5.14. The van der Waals surface area contributed by atoms with Gasteiger partial charge in [-0.2, -0.15) is 5.10 Å². The molecule has 0 N–H and O–H groups in total. The van der Waals surface area contributed by atoms with Crippen molar-refractivity contribution in [2.45, 2.75) is 27.7 Å². The molecule has 0 saturated carbocycles. The molecule has 1 aromatic heterocycles. The molecule has 0 fully saturated rings. The number of carbonyl (C=O) groups is 1. The zero-order chi connectivity index (χ0) is 18.8. The SMILES string of the molecule is CCOC(=O)c1c(C)nn(-c2ccc(C)cc2C)c1-c1ccc(Cl)cc1. The fourth-order valence-corrected chi connectivity index (χ4v) is 3.19. The van der Waals surface area contributed by atoms with Gasteiger partial charge in [-0.05, 0) is 51.5 Å². The van der Waals surface area contributed by atoms with Crippen LogP contribution in [-0.4, -0.2) is 22.4 Å². The van der Waals surface area contributed by atoms with Gasteiger partial charge in [-0.15, -0.1) is 0 Å². The molecule has 0 saturated heterocycles. The van der Waals surface area contributed by atoms with E-state index in [1.165, 1.54) is 5.56 Å². The van der Waals surface area contributed by atoms with Crippen molar-refractivity contribution >= 4 is 17.6 Å². The van der Waals surface area contributed by atoms with Crippen LogP contribution >= 0.6 is 11.6 Å². The highest BCUT2D eigenvalue weighted by Gasteiger charge is 2.25. The first kappa shape index (κ1) is 18.2. The number of aromatic nitrogens is 2. The fraction of sp³-hybridized carbons (Fsp3) is 0.238. The summed E-state index contributed by atoms with van der Waals surface area (Å²) < 4.78 is 7.09. The highest BCUT2D eigenvalue weighted by Crippen LogP contribution is 2.31. The van der Waals surface area contributed by atoms with Crippen molar-refractivity contribution in [3.63, 3.8) is 0 Å². The second kappa shape index (κ2) is 7.34. The van der Waals surface area contributed by atoms with E-state index in [2.05, 4.69) is 18.1 Å². The smallest absolute Gasteiger partial charge is 0.342 e. The summed E-state index contributed by atoms with van der Waals surface area (Å²) in [6.45, 7) is 8.02. The number of hydrogen-bond donors (Lipinski definition) is 0. The Morgan fingerprint density at radius 2 is 1.81 bits per heavy atom. The van der Waals surface area contributed by atoms with Crippen LogP contribution in [0.15, 0.2) is 42.5 Å². The highest BCUT2D eigenvalue weighted by molar-refractivity contribution is 6.30. The minimum Gasteiger partial charge on any atom is -0.462 e. The lowest BCUT2D eigenvalue weighted by Gasteiger charge is -2.13. The van der Waals surface area contributed by atoms with Gasteiger partial charge in [0, 0.05) is 10.6 Å². The molecule has 134 valence electrons. The lowest BCUT2D eigenvalue weighted by atomic mass is 10.0. The van der Waals surface area contributed by atoms with Gasteiger partial charge >= 0.3 is 5.97 Å². The molecule has 0 amide bonds. The number of carbonyl (C=O) groups excluding carboxylic acids is 1. The van der Waals surface area contributed by atoms with Crippen molar-refractivity contribution in [2.24, 2.45) is 0 Å².